The van der Waals surface area contributed by atoms with Crippen LogP contribution in [0.5, 0.6) is 17.4 Å². The minimum Gasteiger partial charge on any atom is -0.494 e. The van der Waals surface area contributed by atoms with Crippen LogP contribution in [0, 0.1) is 0 Å². The summed E-state index contributed by atoms with van der Waals surface area (Å²) in [7, 11) is 0. The second-order valence-corrected chi connectivity index (χ2v) is 3.89. The molecule has 0 bridgehead atoms. The maximum atomic E-state index is 11.4. The number of hydrogen-bond acceptors (Lipinski definition) is 4. The molecule has 0 aliphatic heterocycles. The van der Waals surface area contributed by atoms with E-state index < -0.39 is 0 Å². The van der Waals surface area contributed by atoms with E-state index in [-0.39, 0.29) is 11.4 Å². The van der Waals surface area contributed by atoms with E-state index in [1.54, 1.807) is 12.1 Å². The molecule has 0 aliphatic rings. The van der Waals surface area contributed by atoms with E-state index in [4.69, 9.17) is 9.47 Å². The smallest absolute Gasteiger partial charge is 0.254 e. The van der Waals surface area contributed by atoms with Crippen molar-refractivity contribution in [2.24, 2.45) is 0 Å². The number of rotatable bonds is 5. The normalized spacial score (nSPS) is 10.2. The van der Waals surface area contributed by atoms with Crippen molar-refractivity contribution in [3.8, 4) is 17.4 Å². The van der Waals surface area contributed by atoms with Gasteiger partial charge in [-0.25, -0.2) is 0 Å². The Labute approximate surface area is 111 Å². The third-order valence-electron chi connectivity index (χ3n) is 2.44. The van der Waals surface area contributed by atoms with Gasteiger partial charge in [-0.15, -0.1) is 0 Å². The standard InChI is InChI=1S/C14H16N2O3/c1-3-12-15-13(17)9-14(16-12)19-11-7-5-6-10(8-11)18-4-2/h5-9H,3-4H2,1-2H3,(H,15,16,17). The predicted octanol–water partition coefficient (Wildman–Crippen LogP) is 2.52. The summed E-state index contributed by atoms with van der Waals surface area (Å²) in [6.07, 6.45) is 0.644. The average Bonchev–Trinajstić information content (AvgIpc) is 2.39. The molecule has 5 heteroatoms. The molecule has 2 rings (SSSR count). The number of ether oxygens (including phenoxy) is 2. The van der Waals surface area contributed by atoms with Gasteiger partial charge in [0.25, 0.3) is 5.56 Å². The van der Waals surface area contributed by atoms with Crippen LogP contribution in [-0.4, -0.2) is 16.6 Å². The Morgan fingerprint density at radius 2 is 2.00 bits per heavy atom. The van der Waals surface area contributed by atoms with Gasteiger partial charge in [-0.1, -0.05) is 13.0 Å². The van der Waals surface area contributed by atoms with Crippen molar-refractivity contribution in [1.82, 2.24) is 9.97 Å². The van der Waals surface area contributed by atoms with Crippen LogP contribution in [0.3, 0.4) is 0 Å². The van der Waals surface area contributed by atoms with Gasteiger partial charge >= 0.3 is 0 Å². The number of aromatic amines is 1. The lowest BCUT2D eigenvalue weighted by molar-refractivity contribution is 0.338. The van der Waals surface area contributed by atoms with Gasteiger partial charge in [0.15, 0.2) is 0 Å². The summed E-state index contributed by atoms with van der Waals surface area (Å²) in [6, 6.07) is 8.55. The van der Waals surface area contributed by atoms with E-state index in [1.807, 2.05) is 26.0 Å². The van der Waals surface area contributed by atoms with Gasteiger partial charge in [0.2, 0.25) is 5.88 Å². The first-order valence-corrected chi connectivity index (χ1v) is 6.22. The fourth-order valence-electron chi connectivity index (χ4n) is 1.62. The summed E-state index contributed by atoms with van der Waals surface area (Å²) in [4.78, 5) is 18.3. The van der Waals surface area contributed by atoms with Crippen LogP contribution >= 0.6 is 0 Å². The first kappa shape index (κ1) is 13.1. The summed E-state index contributed by atoms with van der Waals surface area (Å²) < 4.78 is 11.0. The molecule has 0 saturated heterocycles. The van der Waals surface area contributed by atoms with Gasteiger partial charge in [-0.2, -0.15) is 4.98 Å². The lowest BCUT2D eigenvalue weighted by Gasteiger charge is -2.07. The third kappa shape index (κ3) is 3.58. The Bertz CT molecular complexity index is 608. The van der Waals surface area contributed by atoms with Crippen molar-refractivity contribution >= 4 is 0 Å². The van der Waals surface area contributed by atoms with Gasteiger partial charge in [-0.05, 0) is 19.1 Å². The molecule has 0 radical (unpaired) electrons. The minimum atomic E-state index is -0.220. The molecule has 19 heavy (non-hydrogen) atoms. The Hall–Kier alpha value is -2.30. The van der Waals surface area contributed by atoms with Gasteiger partial charge in [0.05, 0.1) is 12.7 Å². The summed E-state index contributed by atoms with van der Waals surface area (Å²) in [6.45, 7) is 4.42. The highest BCUT2D eigenvalue weighted by Gasteiger charge is 2.03. The molecule has 0 atom stereocenters. The van der Waals surface area contributed by atoms with Gasteiger partial charge in [0.1, 0.15) is 17.3 Å². The lowest BCUT2D eigenvalue weighted by Crippen LogP contribution is -2.10. The van der Waals surface area contributed by atoms with E-state index in [0.29, 0.717) is 24.6 Å². The fourth-order valence-corrected chi connectivity index (χ4v) is 1.62. The average molecular weight is 260 g/mol. The van der Waals surface area contributed by atoms with E-state index in [2.05, 4.69) is 9.97 Å². The highest BCUT2D eigenvalue weighted by molar-refractivity contribution is 5.35. The number of nitrogens with one attached hydrogen (secondary N) is 1. The second kappa shape index (κ2) is 6.04. The Kier molecular flexibility index (Phi) is 4.18. The molecular weight excluding hydrogens is 244 g/mol. The van der Waals surface area contributed by atoms with Crippen molar-refractivity contribution in [3.05, 3.63) is 46.5 Å². The van der Waals surface area contributed by atoms with E-state index in [1.165, 1.54) is 6.07 Å². The van der Waals surface area contributed by atoms with Crippen LogP contribution < -0.4 is 15.0 Å². The molecule has 0 amide bonds. The molecule has 0 spiro atoms. The van der Waals surface area contributed by atoms with Crippen molar-refractivity contribution in [2.75, 3.05) is 6.61 Å². The number of hydrogen-bond donors (Lipinski definition) is 1. The van der Waals surface area contributed by atoms with Crippen molar-refractivity contribution in [2.45, 2.75) is 20.3 Å². The van der Waals surface area contributed by atoms with Crippen LogP contribution in [0.15, 0.2) is 35.1 Å². The van der Waals surface area contributed by atoms with E-state index in [9.17, 15) is 4.79 Å². The summed E-state index contributed by atoms with van der Waals surface area (Å²) in [5, 5.41) is 0. The van der Waals surface area contributed by atoms with Gasteiger partial charge in [-0.3, -0.25) is 4.79 Å². The molecule has 0 saturated carbocycles. The van der Waals surface area contributed by atoms with Crippen molar-refractivity contribution in [3.63, 3.8) is 0 Å². The van der Waals surface area contributed by atoms with Crippen molar-refractivity contribution in [1.29, 1.82) is 0 Å². The minimum absolute atomic E-state index is 0.220. The number of aromatic nitrogens is 2. The molecule has 1 heterocycles. The number of aryl methyl sites for hydroxylation is 1. The number of H-pyrrole nitrogens is 1. The molecule has 2 aromatic rings. The Morgan fingerprint density at radius 1 is 1.21 bits per heavy atom. The second-order valence-electron chi connectivity index (χ2n) is 3.89. The molecule has 0 fully saturated rings. The third-order valence-corrected chi connectivity index (χ3v) is 2.44. The van der Waals surface area contributed by atoms with Crippen LogP contribution in [0.1, 0.15) is 19.7 Å². The zero-order valence-corrected chi connectivity index (χ0v) is 11.0. The van der Waals surface area contributed by atoms with Crippen LogP contribution in [-0.2, 0) is 6.42 Å². The molecule has 5 nitrogen and oxygen atoms in total. The molecule has 100 valence electrons. The lowest BCUT2D eigenvalue weighted by atomic mass is 10.3. The number of benzene rings is 1. The maximum absolute atomic E-state index is 11.4. The predicted molar refractivity (Wildman–Crippen MR) is 71.9 cm³/mol. The van der Waals surface area contributed by atoms with Gasteiger partial charge < -0.3 is 14.5 Å². The molecule has 0 aliphatic carbocycles. The molecule has 1 N–H and O–H groups in total. The number of nitrogens with zero attached hydrogens (tertiary/aromatic N) is 1. The summed E-state index contributed by atoms with van der Waals surface area (Å²) in [5.74, 6) is 2.20. The zero-order valence-electron chi connectivity index (χ0n) is 11.0. The topological polar surface area (TPSA) is 64.2 Å². The quantitative estimate of drug-likeness (QED) is 0.897. The van der Waals surface area contributed by atoms with Crippen molar-refractivity contribution < 1.29 is 9.47 Å². The molecule has 0 unspecified atom stereocenters. The summed E-state index contributed by atoms with van der Waals surface area (Å²) in [5.41, 5.74) is -0.220. The van der Waals surface area contributed by atoms with E-state index in [0.717, 1.165) is 5.75 Å². The molecular formula is C14H16N2O3. The highest BCUT2D eigenvalue weighted by Crippen LogP contribution is 2.23. The largest absolute Gasteiger partial charge is 0.494 e. The Balaban J connectivity index is 2.23. The maximum Gasteiger partial charge on any atom is 0.254 e. The first-order valence-electron chi connectivity index (χ1n) is 6.22. The van der Waals surface area contributed by atoms with Crippen LogP contribution in [0.25, 0.3) is 0 Å². The zero-order chi connectivity index (χ0) is 13.7. The van der Waals surface area contributed by atoms with E-state index >= 15 is 0 Å². The molecule has 1 aromatic heterocycles. The van der Waals surface area contributed by atoms with Crippen LogP contribution in [0.4, 0.5) is 0 Å². The summed E-state index contributed by atoms with van der Waals surface area (Å²) >= 11 is 0. The fraction of sp³-hybridized carbons (Fsp3) is 0.286. The Morgan fingerprint density at radius 3 is 2.74 bits per heavy atom. The highest BCUT2D eigenvalue weighted by atomic mass is 16.5. The first-order chi connectivity index (χ1) is 9.21. The van der Waals surface area contributed by atoms with Gasteiger partial charge in [0, 0.05) is 12.5 Å². The SMILES string of the molecule is CCOc1cccc(Oc2cc(=O)[nH]c(CC)n2)c1. The molecule has 1 aromatic carbocycles. The van der Waals surface area contributed by atoms with Crippen LogP contribution in [0.2, 0.25) is 0 Å². The monoisotopic (exact) mass is 260 g/mol.